The van der Waals surface area contributed by atoms with Gasteiger partial charge >= 0.3 is 5.97 Å². The highest BCUT2D eigenvalue weighted by Gasteiger charge is 2.18. The summed E-state index contributed by atoms with van der Waals surface area (Å²) in [6.07, 6.45) is 97.3. The molecule has 0 aliphatic carbocycles. The number of unbranched alkanes of at least 4 members (excludes halogenated alkanes) is 62. The number of aliphatic hydroxyl groups is 2. The molecule has 0 rings (SSSR count). The van der Waals surface area contributed by atoms with Gasteiger partial charge in [0.15, 0.2) is 0 Å². The van der Waals surface area contributed by atoms with Gasteiger partial charge in [-0.3, -0.25) is 9.59 Å². The Morgan fingerprint density at radius 1 is 0.314 bits per heavy atom. The summed E-state index contributed by atoms with van der Waals surface area (Å²) in [7, 11) is 0. The molecule has 0 aliphatic heterocycles. The standard InChI is InChI=1S/C80H155NO5/c1-3-5-7-9-11-13-15-17-19-21-23-37-40-44-48-52-56-60-64-68-72-78(83)77(76-82)81-79(84)73-69-65-61-57-53-49-45-41-38-35-33-31-29-27-25-24-26-28-30-32-34-36-39-43-47-51-55-59-63-67-71-75-86-80(85)74-70-66-62-58-54-50-46-42-22-20-18-16-14-12-10-8-6-4-2/h26,28,68,72,77-78,82-83H,3-25,27,29-67,69-71,73-76H2,1-2H3,(H,81,84)/b28-26-,72-68+. The number of rotatable bonds is 75. The zero-order valence-electron chi connectivity index (χ0n) is 58.6. The first-order valence-electron chi connectivity index (χ1n) is 39.6. The first-order valence-corrected chi connectivity index (χ1v) is 39.6. The van der Waals surface area contributed by atoms with E-state index in [9.17, 15) is 19.8 Å². The summed E-state index contributed by atoms with van der Waals surface area (Å²) in [5, 5.41) is 23.3. The van der Waals surface area contributed by atoms with Gasteiger partial charge < -0.3 is 20.3 Å². The number of ether oxygens (including phenoxy) is 1. The molecule has 6 nitrogen and oxygen atoms in total. The molecular weight excluding hydrogens is 1050 g/mol. The Labute approximate surface area is 539 Å². The van der Waals surface area contributed by atoms with Crippen LogP contribution in [-0.4, -0.2) is 47.4 Å². The van der Waals surface area contributed by atoms with Crippen LogP contribution in [0.5, 0.6) is 0 Å². The summed E-state index contributed by atoms with van der Waals surface area (Å²) in [6, 6.07) is -0.627. The molecule has 0 aliphatic rings. The van der Waals surface area contributed by atoms with Crippen LogP contribution in [0.4, 0.5) is 0 Å². The predicted molar refractivity (Wildman–Crippen MR) is 380 cm³/mol. The summed E-state index contributed by atoms with van der Waals surface area (Å²) in [5.41, 5.74) is 0. The second-order valence-electron chi connectivity index (χ2n) is 27.4. The van der Waals surface area contributed by atoms with Crippen molar-refractivity contribution in [2.75, 3.05) is 13.2 Å². The molecule has 0 saturated carbocycles. The number of carbonyl (C=O) groups excluding carboxylic acids is 2. The smallest absolute Gasteiger partial charge is 0.305 e. The fourth-order valence-electron chi connectivity index (χ4n) is 12.7. The average molecular weight is 1210 g/mol. The van der Waals surface area contributed by atoms with Crippen LogP contribution in [0, 0.1) is 0 Å². The fraction of sp³-hybridized carbons (Fsp3) is 0.925. The number of allylic oxidation sites excluding steroid dienone is 3. The van der Waals surface area contributed by atoms with E-state index in [-0.39, 0.29) is 18.5 Å². The Hall–Kier alpha value is -1.66. The van der Waals surface area contributed by atoms with E-state index >= 15 is 0 Å². The summed E-state index contributed by atoms with van der Waals surface area (Å²) in [5.74, 6) is -0.0385. The van der Waals surface area contributed by atoms with E-state index in [1.165, 1.54) is 385 Å². The first-order chi connectivity index (χ1) is 42.5. The van der Waals surface area contributed by atoms with E-state index in [4.69, 9.17) is 4.74 Å². The number of hydrogen-bond donors (Lipinski definition) is 3. The van der Waals surface area contributed by atoms with Crippen molar-refractivity contribution in [2.24, 2.45) is 0 Å². The molecule has 510 valence electrons. The van der Waals surface area contributed by atoms with E-state index in [2.05, 4.69) is 31.3 Å². The zero-order chi connectivity index (χ0) is 62.0. The third-order valence-corrected chi connectivity index (χ3v) is 18.7. The summed E-state index contributed by atoms with van der Waals surface area (Å²) in [6.45, 7) is 4.96. The molecule has 0 saturated heterocycles. The van der Waals surface area contributed by atoms with Crippen molar-refractivity contribution in [1.29, 1.82) is 0 Å². The van der Waals surface area contributed by atoms with Gasteiger partial charge in [0.25, 0.3) is 0 Å². The van der Waals surface area contributed by atoms with Crippen molar-refractivity contribution in [3.8, 4) is 0 Å². The second kappa shape index (κ2) is 75.8. The lowest BCUT2D eigenvalue weighted by atomic mass is 10.0. The molecule has 2 atom stereocenters. The summed E-state index contributed by atoms with van der Waals surface area (Å²) < 4.78 is 5.52. The molecule has 0 radical (unpaired) electrons. The van der Waals surface area contributed by atoms with Crippen LogP contribution >= 0.6 is 0 Å². The van der Waals surface area contributed by atoms with E-state index in [1.807, 2.05) is 6.08 Å². The zero-order valence-corrected chi connectivity index (χ0v) is 58.6. The van der Waals surface area contributed by atoms with Gasteiger partial charge in [-0.15, -0.1) is 0 Å². The Balaban J connectivity index is 3.36. The maximum atomic E-state index is 12.5. The predicted octanol–water partition coefficient (Wildman–Crippen LogP) is 26.0. The lowest BCUT2D eigenvalue weighted by Crippen LogP contribution is -2.45. The Morgan fingerprint density at radius 3 is 0.826 bits per heavy atom. The Kier molecular flexibility index (Phi) is 74.3. The highest BCUT2D eigenvalue weighted by Crippen LogP contribution is 2.20. The van der Waals surface area contributed by atoms with Crippen molar-refractivity contribution in [1.82, 2.24) is 5.32 Å². The molecule has 2 unspecified atom stereocenters. The van der Waals surface area contributed by atoms with Crippen molar-refractivity contribution in [3.63, 3.8) is 0 Å². The summed E-state index contributed by atoms with van der Waals surface area (Å²) in [4.78, 5) is 24.7. The molecule has 86 heavy (non-hydrogen) atoms. The molecule has 0 aromatic heterocycles. The Bertz CT molecular complexity index is 1350. The van der Waals surface area contributed by atoms with E-state index in [0.29, 0.717) is 19.4 Å². The molecule has 0 bridgehead atoms. The minimum Gasteiger partial charge on any atom is -0.466 e. The first kappa shape index (κ1) is 84.3. The van der Waals surface area contributed by atoms with E-state index in [0.717, 1.165) is 38.5 Å². The van der Waals surface area contributed by atoms with Gasteiger partial charge in [0.1, 0.15) is 0 Å². The third kappa shape index (κ3) is 71.4. The normalized spacial score (nSPS) is 12.6. The number of amides is 1. The molecule has 0 fully saturated rings. The topological polar surface area (TPSA) is 95.9 Å². The van der Waals surface area contributed by atoms with Gasteiger partial charge in [0.05, 0.1) is 25.4 Å². The third-order valence-electron chi connectivity index (χ3n) is 18.7. The molecule has 0 aromatic rings. The second-order valence-corrected chi connectivity index (χ2v) is 27.4. The summed E-state index contributed by atoms with van der Waals surface area (Å²) >= 11 is 0. The largest absolute Gasteiger partial charge is 0.466 e. The van der Waals surface area contributed by atoms with Crippen LogP contribution in [0.15, 0.2) is 24.3 Å². The van der Waals surface area contributed by atoms with Gasteiger partial charge in [-0.2, -0.15) is 0 Å². The van der Waals surface area contributed by atoms with Crippen molar-refractivity contribution >= 4 is 11.9 Å². The SMILES string of the molecule is CCCCCCCCCCCCCCCCCCCC/C=C/C(O)C(CO)NC(=O)CCCCCCCCCCCCCCCCC/C=C\CCCCCCCCCCCCCCOC(=O)CCCCCCCCCCCCCCCCCCCC. The minimum atomic E-state index is -0.844. The van der Waals surface area contributed by atoms with Gasteiger partial charge in [-0.1, -0.05) is 404 Å². The quantitative estimate of drug-likeness (QED) is 0.0320. The van der Waals surface area contributed by atoms with Crippen molar-refractivity contribution in [2.45, 2.75) is 463 Å². The van der Waals surface area contributed by atoms with Gasteiger partial charge in [-0.05, 0) is 57.8 Å². The molecule has 0 heterocycles. The molecule has 0 aromatic carbocycles. The number of nitrogens with one attached hydrogen (secondary N) is 1. The lowest BCUT2D eigenvalue weighted by Gasteiger charge is -2.20. The molecule has 3 N–H and O–H groups in total. The molecular formula is C80H155NO5. The number of carbonyl (C=O) groups is 2. The van der Waals surface area contributed by atoms with Crippen LogP contribution in [0.1, 0.15) is 450 Å². The maximum Gasteiger partial charge on any atom is 0.305 e. The number of hydrogen-bond acceptors (Lipinski definition) is 5. The van der Waals surface area contributed by atoms with Gasteiger partial charge in [0.2, 0.25) is 5.91 Å². The average Bonchev–Trinajstić information content (AvgIpc) is 3.54. The van der Waals surface area contributed by atoms with Gasteiger partial charge in [0, 0.05) is 12.8 Å². The Morgan fingerprint density at radius 2 is 0.547 bits per heavy atom. The molecule has 1 amide bonds. The molecule has 6 heteroatoms. The fourth-order valence-corrected chi connectivity index (χ4v) is 12.7. The monoisotopic (exact) mass is 1210 g/mol. The highest BCUT2D eigenvalue weighted by molar-refractivity contribution is 5.76. The maximum absolute atomic E-state index is 12.5. The molecule has 0 spiro atoms. The van der Waals surface area contributed by atoms with E-state index < -0.39 is 12.1 Å². The van der Waals surface area contributed by atoms with Gasteiger partial charge in [-0.25, -0.2) is 0 Å². The van der Waals surface area contributed by atoms with Crippen LogP contribution in [-0.2, 0) is 14.3 Å². The van der Waals surface area contributed by atoms with Crippen LogP contribution < -0.4 is 5.32 Å². The lowest BCUT2D eigenvalue weighted by molar-refractivity contribution is -0.143. The van der Waals surface area contributed by atoms with Crippen molar-refractivity contribution < 1.29 is 24.5 Å². The number of aliphatic hydroxyl groups excluding tert-OH is 2. The van der Waals surface area contributed by atoms with Crippen LogP contribution in [0.25, 0.3) is 0 Å². The van der Waals surface area contributed by atoms with Crippen LogP contribution in [0.3, 0.4) is 0 Å². The van der Waals surface area contributed by atoms with Crippen LogP contribution in [0.2, 0.25) is 0 Å². The highest BCUT2D eigenvalue weighted by atomic mass is 16.5. The van der Waals surface area contributed by atoms with E-state index in [1.54, 1.807) is 6.08 Å². The number of esters is 1. The minimum absolute atomic E-state index is 0.0229. The van der Waals surface area contributed by atoms with Crippen molar-refractivity contribution in [3.05, 3.63) is 24.3 Å².